The van der Waals surface area contributed by atoms with Crippen LogP contribution in [0.5, 0.6) is 5.75 Å². The molecule has 2 amide bonds. The maximum absolute atomic E-state index is 13.3. The normalized spacial score (nSPS) is 15.2. The maximum atomic E-state index is 13.3. The molecule has 2 aromatic carbocycles. The second-order valence-electron chi connectivity index (χ2n) is 8.15. The number of methoxy groups -OCH3 is 1. The van der Waals surface area contributed by atoms with Gasteiger partial charge >= 0.3 is 0 Å². The van der Waals surface area contributed by atoms with Gasteiger partial charge in [0.1, 0.15) is 11.8 Å². The Morgan fingerprint density at radius 2 is 1.82 bits per heavy atom. The minimum absolute atomic E-state index is 0.0863. The van der Waals surface area contributed by atoms with Gasteiger partial charge in [0.15, 0.2) is 11.5 Å². The first-order valence-electron chi connectivity index (χ1n) is 11.0. The van der Waals surface area contributed by atoms with E-state index < -0.39 is 11.9 Å². The Labute approximate surface area is 193 Å². The summed E-state index contributed by atoms with van der Waals surface area (Å²) >= 11 is 0. The summed E-state index contributed by atoms with van der Waals surface area (Å²) in [5, 5.41) is 6.82. The van der Waals surface area contributed by atoms with Crippen LogP contribution in [0.2, 0.25) is 0 Å². The molecule has 0 bridgehead atoms. The molecular weight excluding hydrogens is 420 g/mol. The zero-order valence-electron chi connectivity index (χ0n) is 18.9. The van der Waals surface area contributed by atoms with Gasteiger partial charge in [0, 0.05) is 44.2 Å². The number of likely N-dealkylation sites (N-methyl/N-ethyl adjacent to an activating group) is 1. The van der Waals surface area contributed by atoms with Gasteiger partial charge in [-0.05, 0) is 24.7 Å². The monoisotopic (exact) mass is 448 g/mol. The molecule has 0 unspecified atom stereocenters. The Hall–Kier alpha value is -3.65. The van der Waals surface area contributed by atoms with Crippen molar-refractivity contribution < 1.29 is 18.8 Å². The lowest BCUT2D eigenvalue weighted by Crippen LogP contribution is -2.55. The molecule has 1 saturated heterocycles. The maximum Gasteiger partial charge on any atom is 0.274 e. The van der Waals surface area contributed by atoms with E-state index >= 15 is 0 Å². The molecule has 4 rings (SSSR count). The fraction of sp³-hybridized carbons (Fsp3) is 0.320. The summed E-state index contributed by atoms with van der Waals surface area (Å²) in [5.74, 6) is 0.591. The minimum Gasteiger partial charge on any atom is -0.497 e. The van der Waals surface area contributed by atoms with E-state index in [1.54, 1.807) is 19.2 Å². The molecule has 8 nitrogen and oxygen atoms in total. The van der Waals surface area contributed by atoms with Crippen molar-refractivity contribution in [2.45, 2.75) is 12.5 Å². The zero-order valence-corrected chi connectivity index (χ0v) is 18.9. The molecule has 1 aromatic heterocycles. The third kappa shape index (κ3) is 5.59. The highest BCUT2D eigenvalue weighted by Crippen LogP contribution is 2.24. The van der Waals surface area contributed by atoms with Crippen molar-refractivity contribution in [2.75, 3.05) is 40.3 Å². The minimum atomic E-state index is -0.694. The molecule has 3 aromatic rings. The van der Waals surface area contributed by atoms with Gasteiger partial charge in [0.05, 0.1) is 7.11 Å². The Morgan fingerprint density at radius 1 is 1.06 bits per heavy atom. The fourth-order valence-electron chi connectivity index (χ4n) is 3.82. The summed E-state index contributed by atoms with van der Waals surface area (Å²) in [5.41, 5.74) is 1.84. The summed E-state index contributed by atoms with van der Waals surface area (Å²) in [7, 11) is 3.62. The predicted molar refractivity (Wildman–Crippen MR) is 124 cm³/mol. The zero-order chi connectivity index (χ0) is 23.2. The second-order valence-corrected chi connectivity index (χ2v) is 8.15. The van der Waals surface area contributed by atoms with Crippen LogP contribution in [0.4, 0.5) is 0 Å². The van der Waals surface area contributed by atoms with E-state index in [1.165, 1.54) is 0 Å². The summed E-state index contributed by atoms with van der Waals surface area (Å²) in [6, 6.07) is 17.9. The van der Waals surface area contributed by atoms with Crippen LogP contribution in [0.3, 0.4) is 0 Å². The van der Waals surface area contributed by atoms with Gasteiger partial charge in [-0.1, -0.05) is 47.6 Å². The number of amides is 2. The number of benzene rings is 2. The predicted octanol–water partition coefficient (Wildman–Crippen LogP) is 2.47. The quantitative estimate of drug-likeness (QED) is 0.598. The molecule has 1 N–H and O–H groups in total. The van der Waals surface area contributed by atoms with E-state index in [-0.39, 0.29) is 11.6 Å². The van der Waals surface area contributed by atoms with Gasteiger partial charge in [0.25, 0.3) is 5.91 Å². The lowest BCUT2D eigenvalue weighted by Gasteiger charge is -2.34. The van der Waals surface area contributed by atoms with Crippen LogP contribution >= 0.6 is 0 Å². The van der Waals surface area contributed by atoms with E-state index in [0.717, 1.165) is 24.2 Å². The third-order valence-corrected chi connectivity index (χ3v) is 5.80. The average molecular weight is 449 g/mol. The van der Waals surface area contributed by atoms with Crippen molar-refractivity contribution in [3.05, 3.63) is 71.9 Å². The molecule has 1 fully saturated rings. The van der Waals surface area contributed by atoms with Crippen LogP contribution < -0.4 is 10.1 Å². The number of hydrogen-bond acceptors (Lipinski definition) is 6. The second kappa shape index (κ2) is 10.3. The number of carbonyl (C=O) groups is 2. The molecule has 0 spiro atoms. The Bertz CT molecular complexity index is 1090. The number of piperazine rings is 1. The number of hydrogen-bond donors (Lipinski definition) is 1. The van der Waals surface area contributed by atoms with Crippen LogP contribution in [0.1, 0.15) is 16.1 Å². The number of ether oxygens (including phenoxy) is 1. The Morgan fingerprint density at radius 3 is 2.55 bits per heavy atom. The molecule has 172 valence electrons. The van der Waals surface area contributed by atoms with Gasteiger partial charge in [-0.3, -0.25) is 9.59 Å². The van der Waals surface area contributed by atoms with Crippen molar-refractivity contribution in [3.8, 4) is 17.1 Å². The van der Waals surface area contributed by atoms with Crippen LogP contribution in [0.15, 0.2) is 65.2 Å². The summed E-state index contributed by atoms with van der Waals surface area (Å²) in [4.78, 5) is 30.3. The number of aromatic nitrogens is 1. The molecular formula is C25H28N4O4. The molecule has 1 atom stereocenters. The topological polar surface area (TPSA) is 87.9 Å². The number of carbonyl (C=O) groups excluding carboxylic acids is 2. The van der Waals surface area contributed by atoms with Crippen molar-refractivity contribution in [1.82, 2.24) is 20.3 Å². The van der Waals surface area contributed by atoms with Gasteiger partial charge in [-0.2, -0.15) is 0 Å². The van der Waals surface area contributed by atoms with Crippen molar-refractivity contribution in [3.63, 3.8) is 0 Å². The highest BCUT2D eigenvalue weighted by Gasteiger charge is 2.29. The van der Waals surface area contributed by atoms with E-state index in [0.29, 0.717) is 31.0 Å². The average Bonchev–Trinajstić information content (AvgIpc) is 3.35. The Balaban J connectivity index is 1.51. The molecule has 8 heteroatoms. The highest BCUT2D eigenvalue weighted by molar-refractivity contribution is 5.96. The highest BCUT2D eigenvalue weighted by atomic mass is 16.5. The lowest BCUT2D eigenvalue weighted by atomic mass is 10.0. The van der Waals surface area contributed by atoms with Gasteiger partial charge in [0.2, 0.25) is 5.91 Å². The number of rotatable bonds is 7. The smallest absolute Gasteiger partial charge is 0.274 e. The molecule has 2 heterocycles. The Kier molecular flexibility index (Phi) is 7.04. The number of nitrogens with zero attached hydrogens (tertiary/aromatic N) is 3. The van der Waals surface area contributed by atoms with Crippen LogP contribution in [-0.2, 0) is 11.2 Å². The van der Waals surface area contributed by atoms with Crippen molar-refractivity contribution in [2.24, 2.45) is 0 Å². The van der Waals surface area contributed by atoms with Crippen molar-refractivity contribution >= 4 is 11.8 Å². The van der Waals surface area contributed by atoms with Gasteiger partial charge in [-0.25, -0.2) is 0 Å². The standard InChI is InChI=1S/C25H28N4O4/c1-28-11-13-29(14-12-28)25(31)22(15-18-7-4-3-5-8-18)26-24(30)21-17-23(33-27-21)19-9-6-10-20(16-19)32-2/h3-10,16-17,22H,11-15H2,1-2H3,(H,26,30)/t22-/m1/s1. The first kappa shape index (κ1) is 22.5. The van der Waals surface area contributed by atoms with E-state index in [4.69, 9.17) is 9.26 Å². The molecule has 1 aliphatic rings. The van der Waals surface area contributed by atoms with E-state index in [2.05, 4.69) is 15.4 Å². The summed E-state index contributed by atoms with van der Waals surface area (Å²) in [6.07, 6.45) is 0.401. The summed E-state index contributed by atoms with van der Waals surface area (Å²) < 4.78 is 10.6. The van der Waals surface area contributed by atoms with E-state index in [9.17, 15) is 9.59 Å². The first-order chi connectivity index (χ1) is 16.0. The van der Waals surface area contributed by atoms with Gasteiger partial charge in [-0.15, -0.1) is 0 Å². The van der Waals surface area contributed by atoms with Crippen LogP contribution in [0.25, 0.3) is 11.3 Å². The molecule has 1 aliphatic heterocycles. The third-order valence-electron chi connectivity index (χ3n) is 5.80. The van der Waals surface area contributed by atoms with Gasteiger partial charge < -0.3 is 24.4 Å². The molecule has 33 heavy (non-hydrogen) atoms. The van der Waals surface area contributed by atoms with E-state index in [1.807, 2.05) is 60.5 Å². The van der Waals surface area contributed by atoms with Crippen LogP contribution in [0, 0.1) is 0 Å². The molecule has 0 aliphatic carbocycles. The molecule has 0 saturated carbocycles. The summed E-state index contributed by atoms with van der Waals surface area (Å²) in [6.45, 7) is 2.90. The number of nitrogens with one attached hydrogen (secondary N) is 1. The largest absolute Gasteiger partial charge is 0.497 e. The van der Waals surface area contributed by atoms with Crippen molar-refractivity contribution in [1.29, 1.82) is 0 Å². The molecule has 0 radical (unpaired) electrons. The first-order valence-corrected chi connectivity index (χ1v) is 11.0. The SMILES string of the molecule is COc1cccc(-c2cc(C(=O)N[C@H](Cc3ccccc3)C(=O)N3CCN(C)CC3)no2)c1. The lowest BCUT2D eigenvalue weighted by molar-refractivity contribution is -0.134. The van der Waals surface area contributed by atoms with Crippen LogP contribution in [-0.4, -0.2) is 73.1 Å². The fourth-order valence-corrected chi connectivity index (χ4v) is 3.82.